The third-order valence-electron chi connectivity index (χ3n) is 5.80. The van der Waals surface area contributed by atoms with Gasteiger partial charge in [-0.3, -0.25) is 9.69 Å². The van der Waals surface area contributed by atoms with Gasteiger partial charge >= 0.3 is 0 Å². The molecule has 1 N–H and O–H groups in total. The SMILES string of the molecule is Cc1ccsc1CN1CCC2(CCOCC2NC(=O)C(C)C)CC1. The van der Waals surface area contributed by atoms with E-state index in [0.717, 1.165) is 45.5 Å². The van der Waals surface area contributed by atoms with Crippen LogP contribution in [0.3, 0.4) is 0 Å². The number of piperidine rings is 1. The minimum absolute atomic E-state index is 0.0332. The number of carbonyl (C=O) groups excluding carboxylic acids is 1. The van der Waals surface area contributed by atoms with Crippen molar-refractivity contribution in [3.8, 4) is 0 Å². The highest BCUT2D eigenvalue weighted by Crippen LogP contribution is 2.41. The number of nitrogens with zero attached hydrogens (tertiary/aromatic N) is 1. The van der Waals surface area contributed by atoms with Gasteiger partial charge in [-0.05, 0) is 61.7 Å². The van der Waals surface area contributed by atoms with Gasteiger partial charge in [-0.2, -0.15) is 0 Å². The molecule has 0 saturated carbocycles. The van der Waals surface area contributed by atoms with Crippen molar-refractivity contribution < 1.29 is 9.53 Å². The van der Waals surface area contributed by atoms with Gasteiger partial charge in [0.15, 0.2) is 0 Å². The number of ether oxygens (including phenoxy) is 1. The molecule has 0 bridgehead atoms. The van der Waals surface area contributed by atoms with E-state index >= 15 is 0 Å². The minimum atomic E-state index is 0.0332. The molecule has 2 saturated heterocycles. The van der Waals surface area contributed by atoms with Crippen LogP contribution in [0.1, 0.15) is 43.6 Å². The molecule has 0 radical (unpaired) electrons. The number of amides is 1. The summed E-state index contributed by atoms with van der Waals surface area (Å²) < 4.78 is 5.69. The zero-order valence-electron chi connectivity index (χ0n) is 15.1. The fourth-order valence-corrected chi connectivity index (χ4v) is 4.83. The molecule has 1 atom stereocenters. The Morgan fingerprint density at radius 3 is 2.79 bits per heavy atom. The van der Waals surface area contributed by atoms with E-state index in [4.69, 9.17) is 4.74 Å². The highest BCUT2D eigenvalue weighted by molar-refractivity contribution is 7.10. The van der Waals surface area contributed by atoms with E-state index < -0.39 is 0 Å². The minimum Gasteiger partial charge on any atom is -0.379 e. The Bertz CT molecular complexity index is 561. The van der Waals surface area contributed by atoms with Crippen molar-refractivity contribution in [2.45, 2.75) is 52.6 Å². The molecule has 2 aliphatic rings. The van der Waals surface area contributed by atoms with Crippen molar-refractivity contribution >= 4 is 17.2 Å². The summed E-state index contributed by atoms with van der Waals surface area (Å²) in [6, 6.07) is 2.38. The fraction of sp³-hybridized carbons (Fsp3) is 0.737. The van der Waals surface area contributed by atoms with Gasteiger partial charge in [0.2, 0.25) is 5.91 Å². The van der Waals surface area contributed by atoms with Crippen molar-refractivity contribution in [2.24, 2.45) is 11.3 Å². The lowest BCUT2D eigenvalue weighted by Gasteiger charge is -2.49. The zero-order valence-corrected chi connectivity index (χ0v) is 16.0. The summed E-state index contributed by atoms with van der Waals surface area (Å²) in [7, 11) is 0. The van der Waals surface area contributed by atoms with Crippen LogP contribution in [0, 0.1) is 18.3 Å². The van der Waals surface area contributed by atoms with E-state index in [0.29, 0.717) is 6.61 Å². The second-order valence-electron chi connectivity index (χ2n) is 7.71. The molecule has 0 aromatic carbocycles. The first kappa shape index (κ1) is 17.9. The average molecular weight is 351 g/mol. The van der Waals surface area contributed by atoms with Gasteiger partial charge in [-0.1, -0.05) is 13.8 Å². The third kappa shape index (κ3) is 3.84. The van der Waals surface area contributed by atoms with Gasteiger partial charge in [0.05, 0.1) is 12.6 Å². The molecule has 1 aromatic heterocycles. The van der Waals surface area contributed by atoms with Crippen LogP contribution in [-0.4, -0.2) is 43.2 Å². The summed E-state index contributed by atoms with van der Waals surface area (Å²) in [5.74, 6) is 0.187. The molecule has 3 rings (SSSR count). The highest BCUT2D eigenvalue weighted by Gasteiger charge is 2.44. The van der Waals surface area contributed by atoms with Gasteiger partial charge in [-0.15, -0.1) is 11.3 Å². The molecule has 1 aromatic rings. The maximum atomic E-state index is 12.2. The fourth-order valence-electron chi connectivity index (χ4n) is 3.88. The molecule has 2 aliphatic heterocycles. The topological polar surface area (TPSA) is 41.6 Å². The van der Waals surface area contributed by atoms with Crippen LogP contribution in [-0.2, 0) is 16.1 Å². The smallest absolute Gasteiger partial charge is 0.222 e. The Hall–Kier alpha value is -0.910. The van der Waals surface area contributed by atoms with Gasteiger partial charge in [0.25, 0.3) is 0 Å². The monoisotopic (exact) mass is 350 g/mol. The first-order chi connectivity index (χ1) is 11.5. The van der Waals surface area contributed by atoms with E-state index in [1.165, 1.54) is 10.4 Å². The summed E-state index contributed by atoms with van der Waals surface area (Å²) >= 11 is 1.86. The van der Waals surface area contributed by atoms with E-state index in [1.54, 1.807) is 0 Å². The second kappa shape index (κ2) is 7.54. The van der Waals surface area contributed by atoms with E-state index in [2.05, 4.69) is 28.6 Å². The summed E-state index contributed by atoms with van der Waals surface area (Å²) in [5, 5.41) is 5.45. The molecule has 2 fully saturated rings. The molecular formula is C19H30N2O2S. The Morgan fingerprint density at radius 1 is 1.42 bits per heavy atom. The number of aryl methyl sites for hydroxylation is 1. The van der Waals surface area contributed by atoms with E-state index in [-0.39, 0.29) is 23.3 Å². The van der Waals surface area contributed by atoms with Gasteiger partial charge in [0, 0.05) is 23.9 Å². The molecule has 0 aliphatic carbocycles. The predicted octanol–water partition coefficient (Wildman–Crippen LogP) is 3.20. The van der Waals surface area contributed by atoms with Crippen LogP contribution >= 0.6 is 11.3 Å². The molecule has 134 valence electrons. The Morgan fingerprint density at radius 2 is 2.17 bits per heavy atom. The largest absolute Gasteiger partial charge is 0.379 e. The van der Waals surface area contributed by atoms with Gasteiger partial charge < -0.3 is 10.1 Å². The number of thiophene rings is 1. The van der Waals surface area contributed by atoms with Crippen molar-refractivity contribution in [3.05, 3.63) is 21.9 Å². The van der Waals surface area contributed by atoms with Gasteiger partial charge in [0.1, 0.15) is 0 Å². The normalized spacial score (nSPS) is 24.4. The van der Waals surface area contributed by atoms with Crippen LogP contribution in [0.5, 0.6) is 0 Å². The lowest BCUT2D eigenvalue weighted by atomic mass is 9.69. The van der Waals surface area contributed by atoms with E-state index in [1.807, 2.05) is 25.2 Å². The molecule has 1 unspecified atom stereocenters. The number of rotatable bonds is 4. The molecule has 5 heteroatoms. The summed E-state index contributed by atoms with van der Waals surface area (Å²) in [6.45, 7) is 10.9. The predicted molar refractivity (Wildman–Crippen MR) is 98.2 cm³/mol. The number of carbonyl (C=O) groups is 1. The summed E-state index contributed by atoms with van der Waals surface area (Å²) in [4.78, 5) is 16.2. The zero-order chi connectivity index (χ0) is 17.2. The Labute approximate surface area is 149 Å². The average Bonchev–Trinajstić information content (AvgIpc) is 2.97. The number of likely N-dealkylation sites (tertiary alicyclic amines) is 1. The van der Waals surface area contributed by atoms with Crippen LogP contribution in [0.15, 0.2) is 11.4 Å². The van der Waals surface area contributed by atoms with Gasteiger partial charge in [-0.25, -0.2) is 0 Å². The standard InChI is InChI=1S/C19H30N2O2S/c1-14(2)18(22)20-17-13-23-10-7-19(17)5-8-21(9-6-19)12-16-15(3)4-11-24-16/h4,11,14,17H,5-10,12-13H2,1-3H3,(H,20,22). The van der Waals surface area contributed by atoms with E-state index in [9.17, 15) is 4.79 Å². The van der Waals surface area contributed by atoms with Crippen LogP contribution in [0.2, 0.25) is 0 Å². The first-order valence-corrected chi connectivity index (χ1v) is 10.0. The molecule has 24 heavy (non-hydrogen) atoms. The number of nitrogens with one attached hydrogen (secondary N) is 1. The molecule has 4 nitrogen and oxygen atoms in total. The quantitative estimate of drug-likeness (QED) is 0.907. The van der Waals surface area contributed by atoms with Crippen molar-refractivity contribution in [3.63, 3.8) is 0 Å². The Balaban J connectivity index is 1.61. The maximum Gasteiger partial charge on any atom is 0.222 e. The van der Waals surface area contributed by atoms with Crippen LogP contribution < -0.4 is 5.32 Å². The lowest BCUT2D eigenvalue weighted by Crippen LogP contribution is -2.58. The third-order valence-corrected chi connectivity index (χ3v) is 6.80. The molecule has 1 spiro atoms. The first-order valence-electron chi connectivity index (χ1n) is 9.14. The van der Waals surface area contributed by atoms with Crippen molar-refractivity contribution in [2.75, 3.05) is 26.3 Å². The maximum absolute atomic E-state index is 12.2. The summed E-state index contributed by atoms with van der Waals surface area (Å²) in [5.41, 5.74) is 1.64. The lowest BCUT2D eigenvalue weighted by molar-refractivity contribution is -0.129. The highest BCUT2D eigenvalue weighted by atomic mass is 32.1. The second-order valence-corrected chi connectivity index (χ2v) is 8.71. The van der Waals surface area contributed by atoms with Crippen molar-refractivity contribution in [1.82, 2.24) is 10.2 Å². The number of hydrogen-bond acceptors (Lipinski definition) is 4. The molecular weight excluding hydrogens is 320 g/mol. The Kier molecular flexibility index (Phi) is 5.63. The molecule has 1 amide bonds. The number of hydrogen-bond donors (Lipinski definition) is 1. The van der Waals surface area contributed by atoms with Crippen molar-refractivity contribution in [1.29, 1.82) is 0 Å². The van der Waals surface area contributed by atoms with Crippen LogP contribution in [0.25, 0.3) is 0 Å². The van der Waals surface area contributed by atoms with Crippen LogP contribution in [0.4, 0.5) is 0 Å². The molecule has 3 heterocycles. The summed E-state index contributed by atoms with van der Waals surface area (Å²) in [6.07, 6.45) is 3.38.